The Bertz CT molecular complexity index is 1090. The Morgan fingerprint density at radius 3 is 2.29 bits per heavy atom. The molecule has 2 fully saturated rings. The fraction of sp³-hybridized carbons (Fsp3) is 0.478. The van der Waals surface area contributed by atoms with Crippen LogP contribution in [0.15, 0.2) is 36.4 Å². The highest BCUT2D eigenvalue weighted by molar-refractivity contribution is 7.89. The van der Waals surface area contributed by atoms with Crippen LogP contribution in [0.25, 0.3) is 10.8 Å². The summed E-state index contributed by atoms with van der Waals surface area (Å²) < 4.78 is 26.1. The van der Waals surface area contributed by atoms with E-state index in [1.165, 1.54) is 4.31 Å². The van der Waals surface area contributed by atoms with Crippen LogP contribution in [0.3, 0.4) is 0 Å². The van der Waals surface area contributed by atoms with Gasteiger partial charge in [-0.3, -0.25) is 9.59 Å². The molecule has 4 rings (SSSR count). The van der Waals surface area contributed by atoms with Crippen molar-refractivity contribution < 1.29 is 18.0 Å². The number of benzene rings is 2. The van der Waals surface area contributed by atoms with Crippen molar-refractivity contribution >= 4 is 38.3 Å². The van der Waals surface area contributed by atoms with Crippen molar-refractivity contribution in [2.24, 2.45) is 5.92 Å². The van der Waals surface area contributed by atoms with E-state index in [9.17, 15) is 18.0 Å². The van der Waals surface area contributed by atoms with Gasteiger partial charge in [0, 0.05) is 25.0 Å². The number of carbonyl (C=O) groups is 2. The average molecular weight is 444 g/mol. The SMILES string of the molecule is CCCS(=O)(=O)N1CCC(NC(=O)c2cc3ccccc3cc2NC(=O)C2CC2)CC1. The molecule has 1 aliphatic heterocycles. The molecule has 2 aromatic carbocycles. The maximum atomic E-state index is 13.1. The molecule has 2 N–H and O–H groups in total. The Labute approximate surface area is 183 Å². The van der Waals surface area contributed by atoms with Gasteiger partial charge < -0.3 is 10.6 Å². The van der Waals surface area contributed by atoms with Crippen molar-refractivity contribution in [3.63, 3.8) is 0 Å². The molecule has 0 aromatic heterocycles. The van der Waals surface area contributed by atoms with Gasteiger partial charge >= 0.3 is 0 Å². The van der Waals surface area contributed by atoms with E-state index < -0.39 is 10.0 Å². The fourth-order valence-corrected chi connectivity index (χ4v) is 5.58. The summed E-state index contributed by atoms with van der Waals surface area (Å²) in [4.78, 5) is 25.5. The maximum Gasteiger partial charge on any atom is 0.253 e. The molecule has 1 aliphatic carbocycles. The van der Waals surface area contributed by atoms with Crippen molar-refractivity contribution in [1.29, 1.82) is 0 Å². The van der Waals surface area contributed by atoms with Gasteiger partial charge in [0.05, 0.1) is 17.0 Å². The van der Waals surface area contributed by atoms with E-state index in [1.54, 1.807) is 0 Å². The Morgan fingerprint density at radius 2 is 1.68 bits per heavy atom. The Hall–Kier alpha value is -2.45. The molecule has 0 bridgehead atoms. The lowest BCUT2D eigenvalue weighted by atomic mass is 10.0. The molecule has 0 unspecified atom stereocenters. The predicted molar refractivity (Wildman–Crippen MR) is 121 cm³/mol. The number of rotatable bonds is 7. The number of hydrogen-bond acceptors (Lipinski definition) is 4. The first-order valence-corrected chi connectivity index (χ1v) is 12.6. The van der Waals surface area contributed by atoms with Gasteiger partial charge in [-0.15, -0.1) is 0 Å². The number of sulfonamides is 1. The van der Waals surface area contributed by atoms with E-state index in [1.807, 2.05) is 43.3 Å². The fourth-order valence-electron chi connectivity index (χ4n) is 4.04. The quantitative estimate of drug-likeness (QED) is 0.687. The molecule has 1 saturated heterocycles. The summed E-state index contributed by atoms with van der Waals surface area (Å²) in [5.74, 6) is -0.0900. The number of piperidine rings is 1. The van der Waals surface area contributed by atoms with Crippen LogP contribution in [0.5, 0.6) is 0 Å². The zero-order valence-electron chi connectivity index (χ0n) is 17.8. The second-order valence-corrected chi connectivity index (χ2v) is 10.6. The summed E-state index contributed by atoms with van der Waals surface area (Å²) in [6, 6.07) is 11.3. The molecule has 2 amide bonds. The molecule has 1 saturated carbocycles. The lowest BCUT2D eigenvalue weighted by Gasteiger charge is -2.31. The normalized spacial score (nSPS) is 18.1. The first-order valence-electron chi connectivity index (χ1n) is 11.0. The van der Waals surface area contributed by atoms with Crippen LogP contribution in [0.1, 0.15) is 49.4 Å². The van der Waals surface area contributed by atoms with E-state index in [4.69, 9.17) is 0 Å². The maximum absolute atomic E-state index is 13.1. The molecule has 2 aromatic rings. The van der Waals surface area contributed by atoms with Crippen LogP contribution in [0.2, 0.25) is 0 Å². The second-order valence-electron chi connectivity index (χ2n) is 8.47. The average Bonchev–Trinajstić information content (AvgIpc) is 3.59. The lowest BCUT2D eigenvalue weighted by Crippen LogP contribution is -2.47. The van der Waals surface area contributed by atoms with Gasteiger partial charge in [-0.05, 0) is 55.0 Å². The van der Waals surface area contributed by atoms with Gasteiger partial charge in [-0.25, -0.2) is 12.7 Å². The van der Waals surface area contributed by atoms with Crippen molar-refractivity contribution in [3.05, 3.63) is 42.0 Å². The zero-order chi connectivity index (χ0) is 22.0. The van der Waals surface area contributed by atoms with Crippen LogP contribution in [-0.4, -0.2) is 49.4 Å². The largest absolute Gasteiger partial charge is 0.349 e. The third-order valence-electron chi connectivity index (χ3n) is 5.98. The van der Waals surface area contributed by atoms with Gasteiger partial charge in [-0.1, -0.05) is 31.2 Å². The summed E-state index contributed by atoms with van der Waals surface area (Å²) in [5.41, 5.74) is 0.963. The minimum Gasteiger partial charge on any atom is -0.349 e. The van der Waals surface area contributed by atoms with Crippen LogP contribution in [0, 0.1) is 5.92 Å². The summed E-state index contributed by atoms with van der Waals surface area (Å²) >= 11 is 0. The number of anilines is 1. The lowest BCUT2D eigenvalue weighted by molar-refractivity contribution is -0.117. The van der Waals surface area contributed by atoms with Crippen LogP contribution in [-0.2, 0) is 14.8 Å². The zero-order valence-corrected chi connectivity index (χ0v) is 18.6. The number of nitrogens with zero attached hydrogens (tertiary/aromatic N) is 1. The predicted octanol–water partition coefficient (Wildman–Crippen LogP) is 3.12. The summed E-state index contributed by atoms with van der Waals surface area (Å²) in [6.45, 7) is 2.68. The molecule has 2 aliphatic rings. The first kappa shape index (κ1) is 21.8. The van der Waals surface area contributed by atoms with Gasteiger partial charge in [0.1, 0.15) is 0 Å². The smallest absolute Gasteiger partial charge is 0.253 e. The van der Waals surface area contributed by atoms with Crippen molar-refractivity contribution in [2.75, 3.05) is 24.2 Å². The molecule has 7 nitrogen and oxygen atoms in total. The minimum atomic E-state index is -3.21. The van der Waals surface area contributed by atoms with Gasteiger partial charge in [0.15, 0.2) is 0 Å². The van der Waals surface area contributed by atoms with Crippen LogP contribution >= 0.6 is 0 Å². The molecule has 166 valence electrons. The number of fused-ring (bicyclic) bond motifs is 1. The Balaban J connectivity index is 1.49. The highest BCUT2D eigenvalue weighted by Gasteiger charge is 2.31. The number of amides is 2. The van der Waals surface area contributed by atoms with Crippen molar-refractivity contribution in [1.82, 2.24) is 9.62 Å². The molecule has 0 spiro atoms. The molecule has 1 heterocycles. The third kappa shape index (κ3) is 5.07. The third-order valence-corrected chi connectivity index (χ3v) is 8.06. The van der Waals surface area contributed by atoms with E-state index in [2.05, 4.69) is 10.6 Å². The van der Waals surface area contributed by atoms with Gasteiger partial charge in [0.2, 0.25) is 15.9 Å². The number of nitrogens with one attached hydrogen (secondary N) is 2. The van der Waals surface area contributed by atoms with E-state index in [-0.39, 0.29) is 29.5 Å². The second kappa shape index (κ2) is 8.96. The molecular formula is C23H29N3O4S. The summed E-state index contributed by atoms with van der Waals surface area (Å²) in [5, 5.41) is 7.87. The number of hydrogen-bond donors (Lipinski definition) is 2. The van der Waals surface area contributed by atoms with Crippen LogP contribution < -0.4 is 10.6 Å². The first-order chi connectivity index (χ1) is 14.9. The minimum absolute atomic E-state index is 0.0387. The monoisotopic (exact) mass is 443 g/mol. The van der Waals surface area contributed by atoms with Gasteiger partial charge in [-0.2, -0.15) is 0 Å². The molecule has 31 heavy (non-hydrogen) atoms. The van der Waals surface area contributed by atoms with Gasteiger partial charge in [0.25, 0.3) is 5.91 Å². The van der Waals surface area contributed by atoms with Crippen molar-refractivity contribution in [3.8, 4) is 0 Å². The standard InChI is InChI=1S/C23H29N3O4S/c1-2-13-31(29,30)26-11-9-19(10-12-26)24-23(28)20-14-17-5-3-4-6-18(17)15-21(20)25-22(27)16-7-8-16/h3-6,14-16,19H,2,7-13H2,1H3,(H,24,28)(H,25,27). The molecular weight excluding hydrogens is 414 g/mol. The molecule has 0 atom stereocenters. The van der Waals surface area contributed by atoms with E-state index in [0.717, 1.165) is 23.6 Å². The Kier molecular flexibility index (Phi) is 6.29. The van der Waals surface area contributed by atoms with E-state index >= 15 is 0 Å². The molecule has 8 heteroatoms. The van der Waals surface area contributed by atoms with E-state index in [0.29, 0.717) is 43.6 Å². The highest BCUT2D eigenvalue weighted by atomic mass is 32.2. The highest BCUT2D eigenvalue weighted by Crippen LogP contribution is 2.32. The van der Waals surface area contributed by atoms with Crippen LogP contribution in [0.4, 0.5) is 5.69 Å². The van der Waals surface area contributed by atoms with Crippen molar-refractivity contribution in [2.45, 2.75) is 45.1 Å². The summed E-state index contributed by atoms with van der Waals surface area (Å²) in [7, 11) is -3.21. The summed E-state index contributed by atoms with van der Waals surface area (Å²) in [6.07, 6.45) is 3.52. The topological polar surface area (TPSA) is 95.6 Å². The molecule has 0 radical (unpaired) electrons. The Morgan fingerprint density at radius 1 is 1.03 bits per heavy atom. The number of carbonyl (C=O) groups excluding carboxylic acids is 2.